The van der Waals surface area contributed by atoms with Gasteiger partial charge in [-0.15, -0.1) is 0 Å². The molecule has 1 aliphatic rings. The Balaban J connectivity index is 2.08. The molecule has 0 amide bonds. The van der Waals surface area contributed by atoms with Crippen molar-refractivity contribution >= 4 is 5.78 Å². The lowest BCUT2D eigenvalue weighted by Gasteiger charge is -2.41. The van der Waals surface area contributed by atoms with Gasteiger partial charge in [0, 0.05) is 5.92 Å². The molecule has 1 saturated heterocycles. The van der Waals surface area contributed by atoms with Gasteiger partial charge in [-0.1, -0.05) is 117 Å². The summed E-state index contributed by atoms with van der Waals surface area (Å²) in [5.74, 6) is -0.817. The van der Waals surface area contributed by atoms with Gasteiger partial charge in [0.05, 0.1) is 6.61 Å². The molecule has 0 radical (unpaired) electrons. The molecular weight excluding hydrogens is 388 g/mol. The second-order valence-electron chi connectivity index (χ2n) is 9.41. The lowest BCUT2D eigenvalue weighted by molar-refractivity contribution is -0.411. The fraction of sp³-hybridized carbons (Fsp3) is 0.963. The molecule has 1 unspecified atom stereocenters. The van der Waals surface area contributed by atoms with Gasteiger partial charge in [0.2, 0.25) is 0 Å². The number of Topliss-reactive ketones (excluding diaryl/α,β-unsaturated/α-hetero) is 1. The smallest absolute Gasteiger partial charge is 0.286 e. The molecule has 0 spiro atoms. The lowest BCUT2D eigenvalue weighted by atomic mass is 9.96. The highest BCUT2D eigenvalue weighted by molar-refractivity contribution is 5.81. The van der Waals surface area contributed by atoms with Crippen molar-refractivity contribution in [3.8, 4) is 0 Å². The van der Waals surface area contributed by atoms with Gasteiger partial charge in [-0.05, 0) is 19.3 Å². The number of ether oxygens (including phenoxy) is 3. The van der Waals surface area contributed by atoms with Crippen LogP contribution in [0.2, 0.25) is 0 Å². The molecule has 184 valence electrons. The van der Waals surface area contributed by atoms with Gasteiger partial charge in [0.25, 0.3) is 5.97 Å². The van der Waals surface area contributed by atoms with Crippen LogP contribution in [-0.2, 0) is 19.0 Å². The molecule has 0 N–H and O–H groups in total. The summed E-state index contributed by atoms with van der Waals surface area (Å²) in [6, 6.07) is 0. The lowest BCUT2D eigenvalue weighted by Crippen LogP contribution is -2.52. The van der Waals surface area contributed by atoms with Crippen molar-refractivity contribution in [1.29, 1.82) is 0 Å². The molecule has 0 aromatic rings. The third-order valence-electron chi connectivity index (χ3n) is 6.57. The van der Waals surface area contributed by atoms with Crippen molar-refractivity contribution in [3.05, 3.63) is 0 Å². The number of carbonyl (C=O) groups excluding carboxylic acids is 1. The maximum atomic E-state index is 11.6. The first-order chi connectivity index (χ1) is 15.2. The van der Waals surface area contributed by atoms with E-state index in [9.17, 15) is 4.79 Å². The Hall–Kier alpha value is -0.450. The Morgan fingerprint density at radius 3 is 1.61 bits per heavy atom. The molecule has 31 heavy (non-hydrogen) atoms. The quantitative estimate of drug-likeness (QED) is 0.170. The number of hydrogen-bond acceptors (Lipinski definition) is 4. The number of ketones is 1. The van der Waals surface area contributed by atoms with Gasteiger partial charge in [-0.2, -0.15) is 0 Å². The van der Waals surface area contributed by atoms with E-state index in [2.05, 4.69) is 20.8 Å². The van der Waals surface area contributed by atoms with Crippen LogP contribution in [0.5, 0.6) is 0 Å². The van der Waals surface area contributed by atoms with E-state index in [1.807, 2.05) is 0 Å². The van der Waals surface area contributed by atoms with E-state index in [0.717, 1.165) is 32.1 Å². The van der Waals surface area contributed by atoms with E-state index in [-0.39, 0.29) is 24.9 Å². The molecule has 4 nitrogen and oxygen atoms in total. The summed E-state index contributed by atoms with van der Waals surface area (Å²) in [6.07, 6.45) is 23.1. The first kappa shape index (κ1) is 28.6. The zero-order chi connectivity index (χ0) is 22.6. The van der Waals surface area contributed by atoms with Gasteiger partial charge in [-0.3, -0.25) is 4.79 Å². The Labute approximate surface area is 193 Å². The Bertz CT molecular complexity index is 413. The summed E-state index contributed by atoms with van der Waals surface area (Å²) in [5, 5.41) is 0. The van der Waals surface area contributed by atoms with E-state index < -0.39 is 5.97 Å². The molecule has 0 saturated carbocycles. The topological polar surface area (TPSA) is 44.8 Å². The van der Waals surface area contributed by atoms with Crippen molar-refractivity contribution in [2.24, 2.45) is 5.92 Å². The van der Waals surface area contributed by atoms with Crippen LogP contribution in [0.1, 0.15) is 136 Å². The van der Waals surface area contributed by atoms with Gasteiger partial charge >= 0.3 is 0 Å². The Morgan fingerprint density at radius 1 is 0.710 bits per heavy atom. The highest BCUT2D eigenvalue weighted by Crippen LogP contribution is 2.34. The second-order valence-corrected chi connectivity index (χ2v) is 9.41. The van der Waals surface area contributed by atoms with Crippen LogP contribution in [0.15, 0.2) is 0 Å². The minimum atomic E-state index is -1.01. The van der Waals surface area contributed by atoms with Crippen LogP contribution in [0.3, 0.4) is 0 Å². The Kier molecular flexibility index (Phi) is 17.6. The van der Waals surface area contributed by atoms with Crippen molar-refractivity contribution in [1.82, 2.24) is 0 Å². The largest absolute Gasteiger partial charge is 0.327 e. The summed E-state index contributed by atoms with van der Waals surface area (Å²) in [4.78, 5) is 11.6. The van der Waals surface area contributed by atoms with E-state index in [4.69, 9.17) is 14.2 Å². The SMILES string of the molecule is CCCCCCCCCCCCCCCCOC1(C(CC)CCCC)OCC(=O)CO1. The van der Waals surface area contributed by atoms with Crippen molar-refractivity contribution in [3.63, 3.8) is 0 Å². The highest BCUT2D eigenvalue weighted by Gasteiger charge is 2.44. The van der Waals surface area contributed by atoms with Crippen LogP contribution in [0.4, 0.5) is 0 Å². The molecule has 4 heteroatoms. The number of unbranched alkanes of at least 4 members (excludes halogenated alkanes) is 14. The third-order valence-corrected chi connectivity index (χ3v) is 6.57. The molecule has 1 atom stereocenters. The summed E-state index contributed by atoms with van der Waals surface area (Å²) in [7, 11) is 0. The molecule has 0 bridgehead atoms. The molecule has 1 aliphatic heterocycles. The van der Waals surface area contributed by atoms with E-state index in [0.29, 0.717) is 6.61 Å². The third kappa shape index (κ3) is 13.0. The van der Waals surface area contributed by atoms with Gasteiger partial charge in [0.1, 0.15) is 13.2 Å². The first-order valence-electron chi connectivity index (χ1n) is 13.6. The van der Waals surface area contributed by atoms with Gasteiger partial charge < -0.3 is 14.2 Å². The van der Waals surface area contributed by atoms with Crippen LogP contribution in [-0.4, -0.2) is 31.6 Å². The minimum absolute atomic E-state index is 0.000984. The fourth-order valence-electron chi connectivity index (χ4n) is 4.47. The predicted molar refractivity (Wildman–Crippen MR) is 129 cm³/mol. The van der Waals surface area contributed by atoms with Crippen LogP contribution in [0, 0.1) is 5.92 Å². The van der Waals surface area contributed by atoms with Crippen molar-refractivity contribution in [2.45, 2.75) is 142 Å². The standard InChI is InChI=1S/C27H52O4/c1-4-7-9-10-11-12-13-14-15-16-17-18-19-20-22-29-27(25(6-3)21-8-5-2)30-23-26(28)24-31-27/h25H,4-24H2,1-3H3. The summed E-state index contributed by atoms with van der Waals surface area (Å²) < 4.78 is 17.9. The normalized spacial score (nSPS) is 17.2. The minimum Gasteiger partial charge on any atom is -0.327 e. The van der Waals surface area contributed by atoms with E-state index in [1.54, 1.807) is 0 Å². The summed E-state index contributed by atoms with van der Waals surface area (Å²) >= 11 is 0. The first-order valence-corrected chi connectivity index (χ1v) is 13.6. The molecule has 0 aromatic carbocycles. The van der Waals surface area contributed by atoms with Crippen LogP contribution < -0.4 is 0 Å². The van der Waals surface area contributed by atoms with Crippen LogP contribution >= 0.6 is 0 Å². The van der Waals surface area contributed by atoms with E-state index in [1.165, 1.54) is 83.5 Å². The number of rotatable bonds is 21. The Morgan fingerprint density at radius 2 is 1.16 bits per heavy atom. The van der Waals surface area contributed by atoms with Gasteiger partial charge in [-0.25, -0.2) is 0 Å². The molecule has 0 aliphatic carbocycles. The zero-order valence-corrected chi connectivity index (χ0v) is 21.1. The molecule has 1 fully saturated rings. The predicted octanol–water partition coefficient (Wildman–Crippen LogP) is 7.97. The molecular formula is C27H52O4. The van der Waals surface area contributed by atoms with Crippen molar-refractivity contribution in [2.75, 3.05) is 19.8 Å². The highest BCUT2D eigenvalue weighted by atomic mass is 16.9. The maximum absolute atomic E-state index is 11.6. The molecule has 0 aromatic heterocycles. The fourth-order valence-corrected chi connectivity index (χ4v) is 4.47. The monoisotopic (exact) mass is 440 g/mol. The van der Waals surface area contributed by atoms with E-state index >= 15 is 0 Å². The number of carbonyl (C=O) groups is 1. The maximum Gasteiger partial charge on any atom is 0.286 e. The van der Waals surface area contributed by atoms with Crippen LogP contribution in [0.25, 0.3) is 0 Å². The molecule has 1 rings (SSSR count). The second kappa shape index (κ2) is 19.1. The average molecular weight is 441 g/mol. The number of hydrogen-bond donors (Lipinski definition) is 0. The summed E-state index contributed by atoms with van der Waals surface area (Å²) in [5.41, 5.74) is 0. The zero-order valence-electron chi connectivity index (χ0n) is 21.1. The molecule has 1 heterocycles. The average Bonchev–Trinajstić information content (AvgIpc) is 2.78. The van der Waals surface area contributed by atoms with Gasteiger partial charge in [0.15, 0.2) is 5.78 Å². The van der Waals surface area contributed by atoms with Crippen molar-refractivity contribution < 1.29 is 19.0 Å². The summed E-state index contributed by atoms with van der Waals surface area (Å²) in [6.45, 7) is 7.50.